The summed E-state index contributed by atoms with van der Waals surface area (Å²) in [5.41, 5.74) is 6.38. The molecule has 0 spiro atoms. The van der Waals surface area contributed by atoms with Crippen LogP contribution in [0.1, 0.15) is 39.2 Å². The van der Waals surface area contributed by atoms with Gasteiger partial charge in [0.15, 0.2) is 0 Å². The second kappa shape index (κ2) is 5.72. The Balaban J connectivity index is 2.74. The van der Waals surface area contributed by atoms with Gasteiger partial charge in [0.05, 0.1) is 0 Å². The van der Waals surface area contributed by atoms with Crippen molar-refractivity contribution < 1.29 is 9.53 Å². The number of nitrogens with two attached hydrogens (primary N) is 1. The highest BCUT2D eigenvalue weighted by Crippen LogP contribution is 2.22. The second-order valence-corrected chi connectivity index (χ2v) is 5.84. The number of benzene rings is 1. The van der Waals surface area contributed by atoms with Crippen LogP contribution in [0.4, 0.5) is 0 Å². The number of hydrogen-bond donors (Lipinski definition) is 1. The van der Waals surface area contributed by atoms with Crippen molar-refractivity contribution in [1.29, 1.82) is 0 Å². The summed E-state index contributed by atoms with van der Waals surface area (Å²) in [6.07, 6.45) is 0. The van der Waals surface area contributed by atoms with E-state index in [1.165, 1.54) is 0 Å². The van der Waals surface area contributed by atoms with Gasteiger partial charge in [-0.1, -0.05) is 30.7 Å². The average molecular weight is 270 g/mol. The van der Waals surface area contributed by atoms with Gasteiger partial charge in [0, 0.05) is 10.9 Å². The van der Waals surface area contributed by atoms with E-state index in [4.69, 9.17) is 22.1 Å². The zero-order valence-electron chi connectivity index (χ0n) is 11.2. The SMILES string of the molecule is CC(c1ccc(Cl)cc1)C(N)C(=O)OC(C)(C)C. The van der Waals surface area contributed by atoms with Crippen LogP contribution >= 0.6 is 11.6 Å². The summed E-state index contributed by atoms with van der Waals surface area (Å²) < 4.78 is 5.28. The maximum absolute atomic E-state index is 11.9. The minimum atomic E-state index is -0.676. The minimum Gasteiger partial charge on any atom is -0.459 e. The van der Waals surface area contributed by atoms with Crippen molar-refractivity contribution in [2.24, 2.45) is 5.73 Å². The molecular formula is C14H20ClNO2. The Kier molecular flexibility index (Phi) is 4.77. The summed E-state index contributed by atoms with van der Waals surface area (Å²) in [5.74, 6) is -0.498. The molecule has 2 N–H and O–H groups in total. The number of halogens is 1. The molecule has 0 fully saturated rings. The van der Waals surface area contributed by atoms with Crippen LogP contribution in [0.5, 0.6) is 0 Å². The summed E-state index contributed by atoms with van der Waals surface area (Å²) in [7, 11) is 0. The first-order valence-electron chi connectivity index (χ1n) is 5.94. The Morgan fingerprint density at radius 1 is 1.28 bits per heavy atom. The highest BCUT2D eigenvalue weighted by Gasteiger charge is 2.27. The predicted octanol–water partition coefficient (Wildman–Crippen LogP) is 3.11. The van der Waals surface area contributed by atoms with Gasteiger partial charge in [-0.25, -0.2) is 0 Å². The Morgan fingerprint density at radius 3 is 2.22 bits per heavy atom. The maximum Gasteiger partial charge on any atom is 0.324 e. The van der Waals surface area contributed by atoms with Crippen LogP contribution in [-0.2, 0) is 9.53 Å². The highest BCUT2D eigenvalue weighted by molar-refractivity contribution is 6.30. The molecule has 0 aliphatic carbocycles. The first-order chi connectivity index (χ1) is 8.20. The number of carbonyl (C=O) groups is 1. The predicted molar refractivity (Wildman–Crippen MR) is 73.7 cm³/mol. The lowest BCUT2D eigenvalue weighted by atomic mass is 9.94. The number of ether oxygens (including phenoxy) is 1. The van der Waals surface area contributed by atoms with Gasteiger partial charge in [0.25, 0.3) is 0 Å². The van der Waals surface area contributed by atoms with Crippen molar-refractivity contribution in [3.05, 3.63) is 34.9 Å². The first-order valence-corrected chi connectivity index (χ1v) is 6.32. The number of carbonyl (C=O) groups excluding carboxylic acids is 1. The van der Waals surface area contributed by atoms with Crippen molar-refractivity contribution in [2.45, 2.75) is 45.3 Å². The van der Waals surface area contributed by atoms with Gasteiger partial charge in [-0.3, -0.25) is 4.79 Å². The fraction of sp³-hybridized carbons (Fsp3) is 0.500. The molecule has 0 aliphatic rings. The van der Waals surface area contributed by atoms with E-state index < -0.39 is 11.6 Å². The van der Waals surface area contributed by atoms with E-state index in [1.54, 1.807) is 12.1 Å². The fourth-order valence-corrected chi connectivity index (χ4v) is 1.67. The van der Waals surface area contributed by atoms with Crippen molar-refractivity contribution in [1.82, 2.24) is 0 Å². The molecule has 1 aromatic carbocycles. The maximum atomic E-state index is 11.9. The van der Waals surface area contributed by atoms with Gasteiger partial charge < -0.3 is 10.5 Å². The highest BCUT2D eigenvalue weighted by atomic mass is 35.5. The van der Waals surface area contributed by atoms with E-state index in [0.717, 1.165) is 5.56 Å². The Bertz CT molecular complexity index is 409. The summed E-state index contributed by atoms with van der Waals surface area (Å²) in [4.78, 5) is 11.9. The number of hydrogen-bond acceptors (Lipinski definition) is 3. The van der Waals surface area contributed by atoms with Crippen LogP contribution in [0.2, 0.25) is 5.02 Å². The quantitative estimate of drug-likeness (QED) is 0.858. The summed E-state index contributed by atoms with van der Waals surface area (Å²) in [6, 6.07) is 6.64. The van der Waals surface area contributed by atoms with Crippen molar-refractivity contribution in [2.75, 3.05) is 0 Å². The van der Waals surface area contributed by atoms with Crippen LogP contribution in [0, 0.1) is 0 Å². The molecule has 0 amide bonds. The zero-order chi connectivity index (χ0) is 13.9. The van der Waals surface area contributed by atoms with E-state index in [-0.39, 0.29) is 11.9 Å². The molecule has 2 unspecified atom stereocenters. The van der Waals surface area contributed by atoms with Crippen LogP contribution in [0.15, 0.2) is 24.3 Å². The molecular weight excluding hydrogens is 250 g/mol. The molecule has 0 heterocycles. The first kappa shape index (κ1) is 15.0. The molecule has 0 aliphatic heterocycles. The number of esters is 1. The van der Waals surface area contributed by atoms with Gasteiger partial charge >= 0.3 is 5.97 Å². The molecule has 100 valence electrons. The monoisotopic (exact) mass is 269 g/mol. The van der Waals surface area contributed by atoms with Crippen molar-refractivity contribution >= 4 is 17.6 Å². The van der Waals surface area contributed by atoms with E-state index in [0.29, 0.717) is 5.02 Å². The molecule has 3 nitrogen and oxygen atoms in total. The van der Waals surface area contributed by atoms with Gasteiger partial charge in [0.2, 0.25) is 0 Å². The average Bonchev–Trinajstić information content (AvgIpc) is 2.26. The fourth-order valence-electron chi connectivity index (χ4n) is 1.55. The Labute approximate surface area is 113 Å². The molecule has 1 aromatic rings. The minimum absolute atomic E-state index is 0.114. The van der Waals surface area contributed by atoms with Crippen LogP contribution < -0.4 is 5.73 Å². The zero-order valence-corrected chi connectivity index (χ0v) is 12.0. The van der Waals surface area contributed by atoms with Crippen LogP contribution in [0.3, 0.4) is 0 Å². The van der Waals surface area contributed by atoms with Gasteiger partial charge in [-0.2, -0.15) is 0 Å². The van der Waals surface area contributed by atoms with Gasteiger partial charge in [-0.05, 0) is 38.5 Å². The lowest BCUT2D eigenvalue weighted by Gasteiger charge is -2.25. The lowest BCUT2D eigenvalue weighted by Crippen LogP contribution is -2.40. The summed E-state index contributed by atoms with van der Waals surface area (Å²) in [5, 5.41) is 0.664. The van der Waals surface area contributed by atoms with Gasteiger partial charge in [-0.15, -0.1) is 0 Å². The van der Waals surface area contributed by atoms with E-state index in [2.05, 4.69) is 0 Å². The molecule has 0 saturated carbocycles. The smallest absolute Gasteiger partial charge is 0.324 e. The van der Waals surface area contributed by atoms with Crippen molar-refractivity contribution in [3.8, 4) is 0 Å². The Hall–Kier alpha value is -1.06. The second-order valence-electron chi connectivity index (χ2n) is 5.40. The standard InChI is InChI=1S/C14H20ClNO2/c1-9(10-5-7-11(15)8-6-10)12(16)13(17)18-14(2,3)4/h5-9,12H,16H2,1-4H3. The van der Waals surface area contributed by atoms with Crippen LogP contribution in [0.25, 0.3) is 0 Å². The van der Waals surface area contributed by atoms with E-state index >= 15 is 0 Å². The lowest BCUT2D eigenvalue weighted by molar-refractivity contribution is -0.156. The molecule has 0 bridgehead atoms. The summed E-state index contributed by atoms with van der Waals surface area (Å²) in [6.45, 7) is 7.37. The van der Waals surface area contributed by atoms with E-state index in [9.17, 15) is 4.79 Å². The molecule has 2 atom stereocenters. The summed E-state index contributed by atoms with van der Waals surface area (Å²) >= 11 is 5.82. The van der Waals surface area contributed by atoms with E-state index in [1.807, 2.05) is 39.8 Å². The molecule has 18 heavy (non-hydrogen) atoms. The Morgan fingerprint density at radius 2 is 1.78 bits per heavy atom. The largest absolute Gasteiger partial charge is 0.459 e. The molecule has 0 radical (unpaired) electrons. The topological polar surface area (TPSA) is 52.3 Å². The number of rotatable bonds is 3. The molecule has 0 saturated heterocycles. The molecule has 1 rings (SSSR count). The third kappa shape index (κ3) is 4.31. The van der Waals surface area contributed by atoms with Gasteiger partial charge in [0.1, 0.15) is 11.6 Å². The molecule has 4 heteroatoms. The van der Waals surface area contributed by atoms with Crippen molar-refractivity contribution in [3.63, 3.8) is 0 Å². The normalized spacial score (nSPS) is 15.0. The third-order valence-electron chi connectivity index (χ3n) is 2.61. The van der Waals surface area contributed by atoms with Crippen LogP contribution in [-0.4, -0.2) is 17.6 Å². The third-order valence-corrected chi connectivity index (χ3v) is 2.87. The molecule has 0 aromatic heterocycles.